The molecule has 0 heterocycles. The normalized spacial score (nSPS) is 40.5. The zero-order valence-electron chi connectivity index (χ0n) is 13.1. The summed E-state index contributed by atoms with van der Waals surface area (Å²) in [5, 5.41) is 11.2. The van der Waals surface area contributed by atoms with Crippen LogP contribution in [0.2, 0.25) is 0 Å². The van der Waals surface area contributed by atoms with Crippen LogP contribution in [-0.2, 0) is 9.53 Å². The first-order valence-corrected chi connectivity index (χ1v) is 8.05. The molecule has 0 unspecified atom stereocenters. The summed E-state index contributed by atoms with van der Waals surface area (Å²) in [4.78, 5) is 23.2. The predicted octanol–water partition coefficient (Wildman–Crippen LogP) is 3.05. The minimum atomic E-state index is -0.524. The first-order valence-electron chi connectivity index (χ1n) is 8.05. The van der Waals surface area contributed by atoms with Crippen LogP contribution in [0.4, 0.5) is 0 Å². The van der Waals surface area contributed by atoms with E-state index in [1.807, 2.05) is 20.8 Å². The Labute approximate surface area is 125 Å². The largest absolute Gasteiger partial charge is 0.460 e. The third kappa shape index (κ3) is 2.44. The molecule has 3 aliphatic carbocycles. The molecule has 2 bridgehead atoms. The molecule has 3 aliphatic rings. The van der Waals surface area contributed by atoms with Gasteiger partial charge in [0.05, 0.1) is 11.8 Å². The van der Waals surface area contributed by atoms with Crippen molar-refractivity contribution in [2.45, 2.75) is 58.5 Å². The van der Waals surface area contributed by atoms with Gasteiger partial charge < -0.3 is 4.74 Å². The molecule has 3 fully saturated rings. The maximum atomic E-state index is 12.3. The van der Waals surface area contributed by atoms with Crippen LogP contribution < -0.4 is 0 Å². The molecule has 3 rings (SSSR count). The number of nitrogens with zero attached hydrogens (tertiary/aromatic N) is 1. The number of rotatable bonds is 4. The summed E-state index contributed by atoms with van der Waals surface area (Å²) in [5.41, 5.74) is -0.953. The molecule has 0 radical (unpaired) electrons. The third-order valence-corrected chi connectivity index (χ3v) is 5.91. The number of carbonyl (C=O) groups excluding carboxylic acids is 1. The van der Waals surface area contributed by atoms with Crippen LogP contribution in [0.5, 0.6) is 0 Å². The minimum absolute atomic E-state index is 0.0647. The second-order valence-electron chi connectivity index (χ2n) is 8.28. The second kappa shape index (κ2) is 4.68. The highest BCUT2D eigenvalue weighted by Gasteiger charge is 2.69. The van der Waals surface area contributed by atoms with Gasteiger partial charge in [0.1, 0.15) is 5.60 Å². The van der Waals surface area contributed by atoms with E-state index in [-0.39, 0.29) is 23.9 Å². The quantitative estimate of drug-likeness (QED) is 0.454. The first-order chi connectivity index (χ1) is 9.71. The molecule has 0 aromatic rings. The Bertz CT molecular complexity index is 461. The number of nitro groups is 1. The van der Waals surface area contributed by atoms with Crippen molar-refractivity contribution in [1.29, 1.82) is 0 Å². The molecule has 0 aliphatic heterocycles. The Morgan fingerprint density at radius 1 is 1.29 bits per heavy atom. The predicted molar refractivity (Wildman–Crippen MR) is 77.2 cm³/mol. The van der Waals surface area contributed by atoms with Crippen molar-refractivity contribution < 1.29 is 14.5 Å². The number of esters is 1. The molecule has 0 spiro atoms. The van der Waals surface area contributed by atoms with Crippen molar-refractivity contribution in [2.75, 3.05) is 6.54 Å². The standard InChI is InChI=1S/C16H25NO4/c1-15(2,3)21-14(18)8-16(9-17(19)20)12-5-4-10-6-11(12)13(16)7-10/h10-13H,4-9H2,1-3H3/t10-,11-,12+,13-,16-/m0/s1. The second-order valence-corrected chi connectivity index (χ2v) is 8.28. The average Bonchev–Trinajstić information content (AvgIpc) is 2.50. The monoisotopic (exact) mass is 295 g/mol. The smallest absolute Gasteiger partial charge is 0.307 e. The van der Waals surface area contributed by atoms with Crippen molar-refractivity contribution >= 4 is 5.97 Å². The summed E-state index contributed by atoms with van der Waals surface area (Å²) in [5.74, 6) is 1.83. The van der Waals surface area contributed by atoms with Crippen molar-refractivity contribution in [2.24, 2.45) is 29.1 Å². The Morgan fingerprint density at radius 2 is 2.00 bits per heavy atom. The number of ether oxygens (including phenoxy) is 1. The Hall–Kier alpha value is -1.13. The number of carbonyl (C=O) groups is 1. The van der Waals surface area contributed by atoms with Gasteiger partial charge in [-0.1, -0.05) is 6.42 Å². The molecule has 118 valence electrons. The zero-order chi connectivity index (χ0) is 15.4. The van der Waals surface area contributed by atoms with Crippen LogP contribution in [0.15, 0.2) is 0 Å². The topological polar surface area (TPSA) is 69.4 Å². The van der Waals surface area contributed by atoms with Crippen molar-refractivity contribution in [3.8, 4) is 0 Å². The van der Waals surface area contributed by atoms with Crippen LogP contribution in [0.25, 0.3) is 0 Å². The van der Waals surface area contributed by atoms with Crippen LogP contribution in [0, 0.1) is 39.2 Å². The summed E-state index contributed by atoms with van der Waals surface area (Å²) < 4.78 is 5.44. The van der Waals surface area contributed by atoms with Crippen molar-refractivity contribution in [1.82, 2.24) is 0 Å². The van der Waals surface area contributed by atoms with E-state index >= 15 is 0 Å². The summed E-state index contributed by atoms with van der Waals surface area (Å²) in [7, 11) is 0. The highest BCUT2D eigenvalue weighted by atomic mass is 16.6. The first kappa shape index (κ1) is 14.8. The summed E-state index contributed by atoms with van der Waals surface area (Å²) >= 11 is 0. The fourth-order valence-electron chi connectivity index (χ4n) is 5.46. The van der Waals surface area contributed by atoms with Gasteiger partial charge in [-0.2, -0.15) is 0 Å². The van der Waals surface area contributed by atoms with E-state index in [2.05, 4.69) is 0 Å². The maximum Gasteiger partial charge on any atom is 0.307 e. The minimum Gasteiger partial charge on any atom is -0.460 e. The molecular formula is C16H25NO4. The van der Waals surface area contributed by atoms with Gasteiger partial charge in [0.2, 0.25) is 6.54 Å². The molecule has 5 nitrogen and oxygen atoms in total. The van der Waals surface area contributed by atoms with Gasteiger partial charge in [-0.15, -0.1) is 0 Å². The lowest BCUT2D eigenvalue weighted by atomic mass is 9.45. The molecule has 0 saturated heterocycles. The molecule has 5 atom stereocenters. The fourth-order valence-corrected chi connectivity index (χ4v) is 5.46. The molecule has 21 heavy (non-hydrogen) atoms. The lowest BCUT2D eigenvalue weighted by molar-refractivity contribution is -0.512. The average molecular weight is 295 g/mol. The van der Waals surface area contributed by atoms with Crippen LogP contribution in [0.1, 0.15) is 52.9 Å². The van der Waals surface area contributed by atoms with Gasteiger partial charge in [-0.25, -0.2) is 0 Å². The number of hydrogen-bond donors (Lipinski definition) is 0. The molecule has 0 aromatic heterocycles. The van der Waals surface area contributed by atoms with Crippen LogP contribution in [0.3, 0.4) is 0 Å². The lowest BCUT2D eigenvalue weighted by Gasteiger charge is -2.57. The highest BCUT2D eigenvalue weighted by Crippen LogP contribution is 2.70. The highest BCUT2D eigenvalue weighted by molar-refractivity contribution is 5.71. The van der Waals surface area contributed by atoms with E-state index in [1.165, 1.54) is 12.8 Å². The summed E-state index contributed by atoms with van der Waals surface area (Å²) in [6.07, 6.45) is 4.78. The van der Waals surface area contributed by atoms with Gasteiger partial charge >= 0.3 is 5.97 Å². The van der Waals surface area contributed by atoms with E-state index < -0.39 is 11.0 Å². The molecule has 0 aromatic carbocycles. The van der Waals surface area contributed by atoms with E-state index in [0.717, 1.165) is 18.8 Å². The van der Waals surface area contributed by atoms with E-state index in [1.54, 1.807) is 0 Å². The Kier molecular flexibility index (Phi) is 3.30. The van der Waals surface area contributed by atoms with Gasteiger partial charge in [0, 0.05) is 4.92 Å². The molecule has 0 N–H and O–H groups in total. The van der Waals surface area contributed by atoms with Crippen molar-refractivity contribution in [3.63, 3.8) is 0 Å². The van der Waals surface area contributed by atoms with Gasteiger partial charge in [-0.3, -0.25) is 14.9 Å². The SMILES string of the molecule is CC(C)(C)OC(=O)C[C@]1(C[N+](=O)[O-])[C@@H]2CC[C@H]3C[C@@H]2[C@@H]1C3. The Balaban J connectivity index is 1.79. The van der Waals surface area contributed by atoms with Gasteiger partial charge in [0.15, 0.2) is 0 Å². The van der Waals surface area contributed by atoms with Crippen molar-refractivity contribution in [3.05, 3.63) is 10.1 Å². The molecule has 3 saturated carbocycles. The summed E-state index contributed by atoms with van der Waals surface area (Å²) in [6, 6.07) is 0. The summed E-state index contributed by atoms with van der Waals surface area (Å²) in [6.45, 7) is 5.46. The van der Waals surface area contributed by atoms with E-state index in [4.69, 9.17) is 4.74 Å². The maximum absolute atomic E-state index is 12.3. The van der Waals surface area contributed by atoms with Gasteiger partial charge in [0.25, 0.3) is 0 Å². The van der Waals surface area contributed by atoms with Crippen LogP contribution >= 0.6 is 0 Å². The molecule has 5 heteroatoms. The Morgan fingerprint density at radius 3 is 2.62 bits per heavy atom. The fraction of sp³-hybridized carbons (Fsp3) is 0.938. The van der Waals surface area contributed by atoms with E-state index in [9.17, 15) is 14.9 Å². The number of fused-ring (bicyclic) bond motifs is 1. The van der Waals surface area contributed by atoms with E-state index in [0.29, 0.717) is 17.8 Å². The number of hydrogen-bond acceptors (Lipinski definition) is 4. The zero-order valence-corrected chi connectivity index (χ0v) is 13.1. The third-order valence-electron chi connectivity index (χ3n) is 5.91. The molecule has 0 amide bonds. The van der Waals surface area contributed by atoms with Gasteiger partial charge in [-0.05, 0) is 63.7 Å². The lowest BCUT2D eigenvalue weighted by Crippen LogP contribution is -2.59. The molecular weight excluding hydrogens is 270 g/mol. The van der Waals surface area contributed by atoms with Crippen LogP contribution in [-0.4, -0.2) is 23.0 Å².